The Morgan fingerprint density at radius 2 is 1.86 bits per heavy atom. The molecule has 21 heavy (non-hydrogen) atoms. The van der Waals surface area contributed by atoms with E-state index in [2.05, 4.69) is 0 Å². The van der Waals surface area contributed by atoms with Gasteiger partial charge in [-0.3, -0.25) is 0 Å². The summed E-state index contributed by atoms with van der Waals surface area (Å²) < 4.78 is 19.8. The highest BCUT2D eigenvalue weighted by atomic mass is 19.1. The van der Waals surface area contributed by atoms with Crippen molar-refractivity contribution in [3.05, 3.63) is 29.6 Å². The van der Waals surface area contributed by atoms with Gasteiger partial charge in [0.1, 0.15) is 11.6 Å². The van der Waals surface area contributed by atoms with Crippen LogP contribution in [0.4, 0.5) is 4.39 Å². The van der Waals surface area contributed by atoms with Crippen LogP contribution < -0.4 is 10.5 Å². The van der Waals surface area contributed by atoms with Crippen LogP contribution in [0.1, 0.15) is 56.9 Å². The predicted molar refractivity (Wildman–Crippen MR) is 83.1 cm³/mol. The summed E-state index contributed by atoms with van der Waals surface area (Å²) in [5.74, 6) is 1.14. The molecule has 2 fully saturated rings. The fourth-order valence-electron chi connectivity index (χ4n) is 3.66. The third-order valence-electron chi connectivity index (χ3n) is 5.40. The Labute approximate surface area is 126 Å². The Bertz CT molecular complexity index is 478. The average Bonchev–Trinajstić information content (AvgIpc) is 2.46. The molecule has 2 aliphatic carbocycles. The van der Waals surface area contributed by atoms with E-state index in [1.54, 1.807) is 6.07 Å². The first-order valence-electron chi connectivity index (χ1n) is 8.36. The Balaban J connectivity index is 1.78. The van der Waals surface area contributed by atoms with Gasteiger partial charge in [-0.05, 0) is 49.3 Å². The van der Waals surface area contributed by atoms with Gasteiger partial charge in [-0.15, -0.1) is 0 Å². The van der Waals surface area contributed by atoms with Crippen molar-refractivity contribution in [2.24, 2.45) is 11.7 Å². The normalized spacial score (nSPS) is 21.8. The van der Waals surface area contributed by atoms with Crippen LogP contribution in [0.2, 0.25) is 0 Å². The van der Waals surface area contributed by atoms with Crippen molar-refractivity contribution < 1.29 is 9.13 Å². The minimum absolute atomic E-state index is 0.0467. The second-order valence-electron chi connectivity index (χ2n) is 6.83. The summed E-state index contributed by atoms with van der Waals surface area (Å²) in [7, 11) is 0. The lowest BCUT2D eigenvalue weighted by Gasteiger charge is -2.37. The Morgan fingerprint density at radius 3 is 2.48 bits per heavy atom. The number of nitrogens with two attached hydrogens (primary N) is 1. The molecule has 0 spiro atoms. The lowest BCUT2D eigenvalue weighted by Crippen LogP contribution is -2.37. The molecule has 116 valence electrons. The van der Waals surface area contributed by atoms with Crippen molar-refractivity contribution in [1.82, 2.24) is 0 Å². The maximum absolute atomic E-state index is 14.0. The third-order valence-corrected chi connectivity index (χ3v) is 5.40. The number of hydrogen-bond acceptors (Lipinski definition) is 2. The summed E-state index contributed by atoms with van der Waals surface area (Å²) in [6.07, 6.45) is 9.56. The van der Waals surface area contributed by atoms with Crippen molar-refractivity contribution in [2.45, 2.75) is 56.8 Å². The average molecular weight is 291 g/mol. The molecule has 2 aliphatic rings. The summed E-state index contributed by atoms with van der Waals surface area (Å²) in [5, 5.41) is 0. The lowest BCUT2D eigenvalue weighted by molar-refractivity contribution is 0.179. The maximum atomic E-state index is 14.0. The van der Waals surface area contributed by atoms with Gasteiger partial charge >= 0.3 is 0 Å². The number of rotatable bonds is 5. The fraction of sp³-hybridized carbons (Fsp3) is 0.667. The minimum Gasteiger partial charge on any atom is -0.493 e. The highest BCUT2D eigenvalue weighted by Crippen LogP contribution is 2.40. The zero-order valence-corrected chi connectivity index (χ0v) is 12.7. The topological polar surface area (TPSA) is 35.2 Å². The molecule has 0 radical (unpaired) electrons. The van der Waals surface area contributed by atoms with E-state index in [-0.39, 0.29) is 11.2 Å². The Morgan fingerprint density at radius 1 is 1.10 bits per heavy atom. The largest absolute Gasteiger partial charge is 0.493 e. The van der Waals surface area contributed by atoms with Gasteiger partial charge in [0, 0.05) is 18.0 Å². The van der Waals surface area contributed by atoms with Crippen LogP contribution in [0.15, 0.2) is 18.2 Å². The molecule has 2 saturated carbocycles. The fourth-order valence-corrected chi connectivity index (χ4v) is 3.66. The van der Waals surface area contributed by atoms with Crippen molar-refractivity contribution in [1.29, 1.82) is 0 Å². The molecule has 3 heteroatoms. The van der Waals surface area contributed by atoms with Crippen LogP contribution >= 0.6 is 0 Å². The minimum atomic E-state index is -0.200. The highest BCUT2D eigenvalue weighted by molar-refractivity contribution is 5.35. The summed E-state index contributed by atoms with van der Waals surface area (Å²) >= 11 is 0. The first-order chi connectivity index (χ1) is 10.2. The van der Waals surface area contributed by atoms with Crippen molar-refractivity contribution in [3.63, 3.8) is 0 Å². The third kappa shape index (κ3) is 3.23. The zero-order chi connectivity index (χ0) is 14.7. The lowest BCUT2D eigenvalue weighted by atomic mass is 9.69. The molecule has 0 amide bonds. The van der Waals surface area contributed by atoms with Crippen LogP contribution in [0.25, 0.3) is 0 Å². The van der Waals surface area contributed by atoms with Crippen LogP contribution in [0.3, 0.4) is 0 Å². The maximum Gasteiger partial charge on any atom is 0.127 e. The van der Waals surface area contributed by atoms with Gasteiger partial charge in [0.2, 0.25) is 0 Å². The molecular weight excluding hydrogens is 265 g/mol. The van der Waals surface area contributed by atoms with E-state index in [9.17, 15) is 4.39 Å². The molecule has 0 bridgehead atoms. The van der Waals surface area contributed by atoms with Crippen LogP contribution in [-0.2, 0) is 5.41 Å². The van der Waals surface area contributed by atoms with E-state index in [0.717, 1.165) is 25.0 Å². The SMILES string of the molecule is NCC1(c2cc(F)cc(OCC3CCC3)c2)CCCCC1. The van der Waals surface area contributed by atoms with E-state index >= 15 is 0 Å². The summed E-state index contributed by atoms with van der Waals surface area (Å²) in [6, 6.07) is 5.20. The van der Waals surface area contributed by atoms with Gasteiger partial charge in [-0.25, -0.2) is 4.39 Å². The molecule has 0 atom stereocenters. The van der Waals surface area contributed by atoms with Crippen molar-refractivity contribution in [2.75, 3.05) is 13.2 Å². The van der Waals surface area contributed by atoms with Crippen LogP contribution in [0.5, 0.6) is 5.75 Å². The van der Waals surface area contributed by atoms with E-state index in [1.807, 2.05) is 6.07 Å². The molecular formula is C18H26FNO. The quantitative estimate of drug-likeness (QED) is 0.884. The smallest absolute Gasteiger partial charge is 0.127 e. The Hall–Kier alpha value is -1.09. The summed E-state index contributed by atoms with van der Waals surface area (Å²) in [4.78, 5) is 0. The molecule has 0 heterocycles. The molecule has 0 aliphatic heterocycles. The summed E-state index contributed by atoms with van der Waals surface area (Å²) in [5.41, 5.74) is 7.05. The molecule has 0 saturated heterocycles. The zero-order valence-electron chi connectivity index (χ0n) is 12.7. The first-order valence-corrected chi connectivity index (χ1v) is 8.36. The predicted octanol–water partition coefficient (Wildman–Crippen LogP) is 4.17. The van der Waals surface area contributed by atoms with Gasteiger partial charge in [-0.2, -0.15) is 0 Å². The van der Waals surface area contributed by atoms with Gasteiger partial charge < -0.3 is 10.5 Å². The van der Waals surface area contributed by atoms with Crippen LogP contribution in [0, 0.1) is 11.7 Å². The highest BCUT2D eigenvalue weighted by Gasteiger charge is 2.33. The van der Waals surface area contributed by atoms with E-state index in [4.69, 9.17) is 10.5 Å². The Kier molecular flexibility index (Phi) is 4.48. The van der Waals surface area contributed by atoms with Crippen molar-refractivity contribution in [3.8, 4) is 5.75 Å². The molecule has 1 aromatic rings. The van der Waals surface area contributed by atoms with E-state index in [1.165, 1.54) is 44.6 Å². The summed E-state index contributed by atoms with van der Waals surface area (Å²) in [6.45, 7) is 1.32. The number of benzene rings is 1. The molecule has 1 aromatic carbocycles. The second-order valence-corrected chi connectivity index (χ2v) is 6.83. The molecule has 3 rings (SSSR count). The van der Waals surface area contributed by atoms with E-state index in [0.29, 0.717) is 18.2 Å². The van der Waals surface area contributed by atoms with E-state index < -0.39 is 0 Å². The number of hydrogen-bond donors (Lipinski definition) is 1. The molecule has 2 N–H and O–H groups in total. The van der Waals surface area contributed by atoms with Gasteiger partial charge in [0.15, 0.2) is 0 Å². The number of ether oxygens (including phenoxy) is 1. The standard InChI is InChI=1S/C18H26FNO/c19-16-9-15(18(13-20)7-2-1-3-8-18)10-17(11-16)21-12-14-5-4-6-14/h9-11,14H,1-8,12-13,20H2. The molecule has 0 unspecified atom stereocenters. The van der Waals surface area contributed by atoms with Crippen molar-refractivity contribution >= 4 is 0 Å². The monoisotopic (exact) mass is 291 g/mol. The second kappa shape index (κ2) is 6.35. The van der Waals surface area contributed by atoms with Crippen LogP contribution in [-0.4, -0.2) is 13.2 Å². The van der Waals surface area contributed by atoms with Gasteiger partial charge in [-0.1, -0.05) is 25.7 Å². The molecule has 2 nitrogen and oxygen atoms in total. The van der Waals surface area contributed by atoms with Gasteiger partial charge in [0.05, 0.1) is 6.61 Å². The number of halogens is 1. The first kappa shape index (κ1) is 14.8. The molecule has 0 aromatic heterocycles. The van der Waals surface area contributed by atoms with Gasteiger partial charge in [0.25, 0.3) is 0 Å².